The van der Waals surface area contributed by atoms with Gasteiger partial charge in [0.25, 0.3) is 0 Å². The number of hydrogen-bond acceptors (Lipinski definition) is 4. The second-order valence-electron chi connectivity index (χ2n) is 2.35. The molecule has 0 radical (unpaired) electrons. The SMILES string of the molecule is C.CC(=O)NCCC(=O)CCOO. The normalized spacial score (nSPS) is 8.77. The van der Waals surface area contributed by atoms with Crippen molar-refractivity contribution in [1.82, 2.24) is 5.32 Å². The molecule has 0 bridgehead atoms. The van der Waals surface area contributed by atoms with Crippen molar-refractivity contribution < 1.29 is 19.7 Å². The highest BCUT2D eigenvalue weighted by Gasteiger charge is 2.01. The Kier molecular flexibility index (Phi) is 10.3. The van der Waals surface area contributed by atoms with Crippen LogP contribution in [0.4, 0.5) is 0 Å². The van der Waals surface area contributed by atoms with Crippen molar-refractivity contribution in [3.8, 4) is 0 Å². The van der Waals surface area contributed by atoms with E-state index in [2.05, 4.69) is 10.2 Å². The Morgan fingerprint density at radius 2 is 2.00 bits per heavy atom. The Hall–Kier alpha value is -0.940. The monoisotopic (exact) mass is 191 g/mol. The first kappa shape index (κ1) is 14.6. The maximum atomic E-state index is 10.8. The summed E-state index contributed by atoms with van der Waals surface area (Å²) in [7, 11) is 0. The predicted octanol–water partition coefficient (Wildman–Crippen LogP) is 0.597. The lowest BCUT2D eigenvalue weighted by molar-refractivity contribution is -0.241. The molecule has 0 aliphatic heterocycles. The van der Waals surface area contributed by atoms with Gasteiger partial charge in [-0.15, -0.1) is 0 Å². The molecule has 0 atom stereocenters. The zero-order valence-electron chi connectivity index (χ0n) is 7.00. The fourth-order valence-corrected chi connectivity index (χ4v) is 0.662. The summed E-state index contributed by atoms with van der Waals surface area (Å²) >= 11 is 0. The molecular formula is C8H17NO4. The lowest BCUT2D eigenvalue weighted by Gasteiger charge is -2.00. The van der Waals surface area contributed by atoms with Crippen LogP contribution in [-0.4, -0.2) is 30.1 Å². The molecule has 13 heavy (non-hydrogen) atoms. The standard InChI is InChI=1S/C7H13NO4.CH4/c1-6(9)8-4-2-7(10)3-5-12-11;/h11H,2-5H2,1H3,(H,8,9);1H4. The number of carbonyl (C=O) groups is 2. The van der Waals surface area contributed by atoms with Gasteiger partial charge in [0.2, 0.25) is 5.91 Å². The van der Waals surface area contributed by atoms with Gasteiger partial charge in [-0.1, -0.05) is 7.43 Å². The van der Waals surface area contributed by atoms with Gasteiger partial charge in [0.15, 0.2) is 0 Å². The van der Waals surface area contributed by atoms with Crippen molar-refractivity contribution in [1.29, 1.82) is 0 Å². The smallest absolute Gasteiger partial charge is 0.216 e. The summed E-state index contributed by atoms with van der Waals surface area (Å²) in [5.74, 6) is -0.195. The molecule has 0 unspecified atom stereocenters. The van der Waals surface area contributed by atoms with Crippen molar-refractivity contribution in [3.05, 3.63) is 0 Å². The first-order chi connectivity index (χ1) is 5.66. The van der Waals surface area contributed by atoms with Crippen LogP contribution >= 0.6 is 0 Å². The Labute approximate surface area is 78.0 Å². The number of rotatable bonds is 6. The summed E-state index contributed by atoms with van der Waals surface area (Å²) < 4.78 is 0. The summed E-state index contributed by atoms with van der Waals surface area (Å²) in [4.78, 5) is 24.9. The van der Waals surface area contributed by atoms with Crippen LogP contribution in [-0.2, 0) is 14.5 Å². The van der Waals surface area contributed by atoms with E-state index in [0.29, 0.717) is 6.54 Å². The summed E-state index contributed by atoms with van der Waals surface area (Å²) in [6.45, 7) is 1.75. The van der Waals surface area contributed by atoms with Crippen LogP contribution in [0.25, 0.3) is 0 Å². The lowest BCUT2D eigenvalue weighted by atomic mass is 10.2. The molecular weight excluding hydrogens is 174 g/mol. The van der Waals surface area contributed by atoms with Gasteiger partial charge in [0, 0.05) is 26.3 Å². The van der Waals surface area contributed by atoms with E-state index in [1.165, 1.54) is 6.92 Å². The Morgan fingerprint density at radius 3 is 2.46 bits per heavy atom. The molecule has 0 fully saturated rings. The molecule has 0 aliphatic carbocycles. The third-order valence-corrected chi connectivity index (χ3v) is 1.25. The fraction of sp³-hybridized carbons (Fsp3) is 0.750. The van der Waals surface area contributed by atoms with Crippen molar-refractivity contribution in [3.63, 3.8) is 0 Å². The minimum absolute atomic E-state index is 0. The molecule has 0 aliphatic rings. The topological polar surface area (TPSA) is 75.6 Å². The highest BCUT2D eigenvalue weighted by molar-refractivity contribution is 5.79. The van der Waals surface area contributed by atoms with Crippen LogP contribution in [0, 0.1) is 0 Å². The Morgan fingerprint density at radius 1 is 1.38 bits per heavy atom. The number of nitrogens with one attached hydrogen (secondary N) is 1. The molecule has 0 aromatic rings. The summed E-state index contributed by atoms with van der Waals surface area (Å²) in [5, 5.41) is 10.4. The largest absolute Gasteiger partial charge is 0.356 e. The number of ketones is 1. The van der Waals surface area contributed by atoms with Crippen molar-refractivity contribution >= 4 is 11.7 Å². The van der Waals surface area contributed by atoms with E-state index in [0.717, 1.165) is 0 Å². The Bertz CT molecular complexity index is 158. The molecule has 0 saturated carbocycles. The van der Waals surface area contributed by atoms with Crippen LogP contribution in [0.3, 0.4) is 0 Å². The van der Waals surface area contributed by atoms with Gasteiger partial charge in [-0.3, -0.25) is 14.8 Å². The number of amides is 1. The van der Waals surface area contributed by atoms with Crippen molar-refractivity contribution in [2.45, 2.75) is 27.2 Å². The zero-order chi connectivity index (χ0) is 9.40. The van der Waals surface area contributed by atoms with E-state index in [4.69, 9.17) is 5.26 Å². The maximum Gasteiger partial charge on any atom is 0.216 e. The second kappa shape index (κ2) is 9.15. The van der Waals surface area contributed by atoms with Gasteiger partial charge in [-0.05, 0) is 0 Å². The van der Waals surface area contributed by atoms with Gasteiger partial charge < -0.3 is 5.32 Å². The zero-order valence-corrected chi connectivity index (χ0v) is 7.00. The van der Waals surface area contributed by atoms with Gasteiger partial charge in [0.05, 0.1) is 6.61 Å². The third-order valence-electron chi connectivity index (χ3n) is 1.25. The highest BCUT2D eigenvalue weighted by atomic mass is 17.1. The summed E-state index contributed by atoms with van der Waals surface area (Å²) in [6, 6.07) is 0. The lowest BCUT2D eigenvalue weighted by Crippen LogP contribution is -2.23. The molecule has 2 N–H and O–H groups in total. The average molecular weight is 191 g/mol. The van der Waals surface area contributed by atoms with Crippen LogP contribution in [0.5, 0.6) is 0 Å². The van der Waals surface area contributed by atoms with Crippen LogP contribution in [0.1, 0.15) is 27.2 Å². The van der Waals surface area contributed by atoms with Crippen LogP contribution in [0.15, 0.2) is 0 Å². The number of Topliss-reactive ketones (excluding diaryl/α,β-unsaturated/α-hetero) is 1. The van der Waals surface area contributed by atoms with E-state index in [9.17, 15) is 9.59 Å². The number of carbonyl (C=O) groups excluding carboxylic acids is 2. The number of hydrogen-bond donors (Lipinski definition) is 2. The quantitative estimate of drug-likeness (QED) is 0.476. The van der Waals surface area contributed by atoms with Crippen molar-refractivity contribution in [2.24, 2.45) is 0 Å². The minimum Gasteiger partial charge on any atom is -0.356 e. The minimum atomic E-state index is -0.152. The van der Waals surface area contributed by atoms with E-state index >= 15 is 0 Å². The molecule has 0 saturated heterocycles. The van der Waals surface area contributed by atoms with Crippen LogP contribution < -0.4 is 5.32 Å². The van der Waals surface area contributed by atoms with E-state index in [-0.39, 0.29) is 38.6 Å². The molecule has 0 rings (SSSR count). The van der Waals surface area contributed by atoms with Gasteiger partial charge in [-0.25, -0.2) is 4.89 Å². The van der Waals surface area contributed by atoms with E-state index in [1.54, 1.807) is 0 Å². The predicted molar refractivity (Wildman–Crippen MR) is 48.2 cm³/mol. The van der Waals surface area contributed by atoms with E-state index in [1.807, 2.05) is 0 Å². The molecule has 0 aromatic carbocycles. The first-order valence-electron chi connectivity index (χ1n) is 3.69. The first-order valence-corrected chi connectivity index (χ1v) is 3.69. The maximum absolute atomic E-state index is 10.8. The van der Waals surface area contributed by atoms with Crippen LogP contribution in [0.2, 0.25) is 0 Å². The Balaban J connectivity index is 0. The van der Waals surface area contributed by atoms with E-state index < -0.39 is 0 Å². The second-order valence-corrected chi connectivity index (χ2v) is 2.35. The van der Waals surface area contributed by atoms with Gasteiger partial charge in [0.1, 0.15) is 5.78 Å². The molecule has 1 amide bonds. The molecule has 5 nitrogen and oxygen atoms in total. The highest BCUT2D eigenvalue weighted by Crippen LogP contribution is 1.88. The van der Waals surface area contributed by atoms with Gasteiger partial charge in [-0.2, -0.15) is 0 Å². The average Bonchev–Trinajstić information content (AvgIpc) is 2.00. The van der Waals surface area contributed by atoms with Gasteiger partial charge >= 0.3 is 0 Å². The fourth-order valence-electron chi connectivity index (χ4n) is 0.662. The molecule has 78 valence electrons. The molecule has 5 heteroatoms. The van der Waals surface area contributed by atoms with Crippen molar-refractivity contribution in [2.75, 3.05) is 13.2 Å². The third kappa shape index (κ3) is 11.1. The molecule has 0 heterocycles. The summed E-state index contributed by atoms with van der Waals surface area (Å²) in [5.41, 5.74) is 0. The molecule has 0 spiro atoms. The molecule has 0 aromatic heterocycles. The summed E-state index contributed by atoms with van der Waals surface area (Å²) in [6.07, 6.45) is 0.457.